The Kier molecular flexibility index (Phi) is 11.3. The van der Waals surface area contributed by atoms with Crippen LogP contribution in [-0.4, -0.2) is 97.2 Å². The summed E-state index contributed by atoms with van der Waals surface area (Å²) >= 11 is 0. The molecule has 3 aromatic carbocycles. The van der Waals surface area contributed by atoms with Gasteiger partial charge in [0.05, 0.1) is 35.9 Å². The van der Waals surface area contributed by atoms with Gasteiger partial charge in [0.25, 0.3) is 0 Å². The van der Waals surface area contributed by atoms with Crippen LogP contribution in [0.4, 0.5) is 0 Å². The molecule has 0 spiro atoms. The fourth-order valence-electron chi connectivity index (χ4n) is 9.71. The van der Waals surface area contributed by atoms with Crippen LogP contribution in [-0.2, 0) is 9.59 Å². The predicted molar refractivity (Wildman–Crippen MR) is 224 cm³/mol. The minimum absolute atomic E-state index is 0.0207. The van der Waals surface area contributed by atoms with E-state index in [2.05, 4.69) is 85.3 Å². The first kappa shape index (κ1) is 37.5. The molecule has 57 heavy (non-hydrogen) atoms. The van der Waals surface area contributed by atoms with Crippen molar-refractivity contribution in [3.63, 3.8) is 0 Å². The van der Waals surface area contributed by atoms with Crippen molar-refractivity contribution in [2.45, 2.75) is 88.8 Å². The molecule has 0 saturated carbocycles. The number of aromatic nitrogens is 4. The first-order valence-electron chi connectivity index (χ1n) is 21.5. The smallest absolute Gasteiger partial charge is 0.245 e. The Hall–Kier alpha value is -5.06. The van der Waals surface area contributed by atoms with E-state index < -0.39 is 0 Å². The van der Waals surface area contributed by atoms with E-state index in [0.29, 0.717) is 6.42 Å². The van der Waals surface area contributed by atoms with Crippen molar-refractivity contribution >= 4 is 11.8 Å². The number of benzene rings is 3. The summed E-state index contributed by atoms with van der Waals surface area (Å²) in [5.74, 6) is 2.19. The van der Waals surface area contributed by atoms with E-state index in [9.17, 15) is 9.59 Å². The van der Waals surface area contributed by atoms with Gasteiger partial charge in [0.1, 0.15) is 17.7 Å². The molecule has 9 rings (SSSR count). The summed E-state index contributed by atoms with van der Waals surface area (Å²) in [6, 6.07) is 27.2. The second kappa shape index (κ2) is 17.2. The van der Waals surface area contributed by atoms with Gasteiger partial charge in [-0.1, -0.05) is 91.7 Å². The summed E-state index contributed by atoms with van der Waals surface area (Å²) in [4.78, 5) is 53.3. The molecular weight excluding hydrogens is 709 g/mol. The van der Waals surface area contributed by atoms with Gasteiger partial charge in [-0.05, 0) is 105 Å². The number of amides is 2. The maximum absolute atomic E-state index is 14.4. The number of nitrogens with zero attached hydrogens (tertiary/aromatic N) is 6. The summed E-state index contributed by atoms with van der Waals surface area (Å²) in [6.45, 7) is 6.59. The summed E-state index contributed by atoms with van der Waals surface area (Å²) in [6.07, 6.45) is 15.6. The van der Waals surface area contributed by atoms with E-state index in [0.717, 1.165) is 135 Å². The third kappa shape index (κ3) is 8.21. The van der Waals surface area contributed by atoms with Crippen LogP contribution < -0.4 is 0 Å². The SMILES string of the molecule is O=C(CCN1CCCCC1)N1CCC[C@H]1c1ncc(-c2ccc(-c3ccc(-c4cnc([C@@H]5CCCN5C(=O)C(c5ccccc5)N5CCCCC5)[nH]4)cc3)cc2)[nH]1. The number of hydrogen-bond donors (Lipinski definition) is 2. The molecule has 0 aliphatic carbocycles. The van der Waals surface area contributed by atoms with Crippen molar-refractivity contribution in [2.75, 3.05) is 45.8 Å². The lowest BCUT2D eigenvalue weighted by atomic mass is 10.00. The normalized spacial score (nSPS) is 21.3. The molecule has 0 radical (unpaired) electrons. The van der Waals surface area contributed by atoms with E-state index in [1.54, 1.807) is 0 Å². The number of piperidine rings is 2. The summed E-state index contributed by atoms with van der Waals surface area (Å²) in [5.41, 5.74) is 7.43. The van der Waals surface area contributed by atoms with Crippen molar-refractivity contribution in [1.82, 2.24) is 39.5 Å². The molecule has 1 unspecified atom stereocenters. The molecule has 296 valence electrons. The second-order valence-corrected chi connectivity index (χ2v) is 16.5. The van der Waals surface area contributed by atoms with E-state index >= 15 is 0 Å². The lowest BCUT2D eigenvalue weighted by Gasteiger charge is -2.37. The molecule has 4 aliphatic heterocycles. The highest BCUT2D eigenvalue weighted by molar-refractivity contribution is 5.84. The molecule has 4 fully saturated rings. The fraction of sp³-hybridized carbons (Fsp3) is 0.447. The average Bonchev–Trinajstić information content (AvgIpc) is 4.12. The van der Waals surface area contributed by atoms with Crippen molar-refractivity contribution in [1.29, 1.82) is 0 Å². The van der Waals surface area contributed by atoms with Crippen LogP contribution >= 0.6 is 0 Å². The number of aromatic amines is 2. The molecule has 2 aromatic heterocycles. The molecule has 2 amide bonds. The van der Waals surface area contributed by atoms with Crippen molar-refractivity contribution in [2.24, 2.45) is 0 Å². The van der Waals surface area contributed by atoms with E-state index in [1.165, 1.54) is 25.7 Å². The van der Waals surface area contributed by atoms with Gasteiger partial charge in [-0.3, -0.25) is 14.5 Å². The largest absolute Gasteiger partial charge is 0.340 e. The van der Waals surface area contributed by atoms with E-state index in [4.69, 9.17) is 9.97 Å². The molecule has 6 heterocycles. The number of rotatable bonds is 11. The monoisotopic (exact) mass is 764 g/mol. The Balaban J connectivity index is 0.838. The first-order chi connectivity index (χ1) is 28.1. The standard InChI is InChI=1S/C47H56N8O2/c56-43(24-31-52-25-6-2-7-26-52)54-29-10-14-41(54)45-48-32-39(50-45)36-20-16-34(17-21-36)35-18-22-37(23-19-35)40-33-49-46(51-40)42-15-11-30-55(42)47(57)44(38-12-4-1-5-13-38)53-27-8-3-9-28-53/h1,4-5,12-13,16-23,32-33,41-42,44H,2-3,6-11,14-15,24-31H2,(H,48,50)(H,49,51)/t41-,42-,44?/m0/s1. The number of nitrogens with one attached hydrogen (secondary N) is 2. The average molecular weight is 765 g/mol. The van der Waals surface area contributed by atoms with Crippen LogP contribution in [0.1, 0.15) is 106 Å². The number of imidazole rings is 2. The highest BCUT2D eigenvalue weighted by Crippen LogP contribution is 2.37. The predicted octanol–water partition coefficient (Wildman–Crippen LogP) is 8.56. The number of hydrogen-bond acceptors (Lipinski definition) is 6. The lowest BCUT2D eigenvalue weighted by molar-refractivity contribution is -0.139. The molecule has 4 aliphatic rings. The van der Waals surface area contributed by atoms with Crippen LogP contribution in [0.3, 0.4) is 0 Å². The first-order valence-corrected chi connectivity index (χ1v) is 21.5. The zero-order valence-electron chi connectivity index (χ0n) is 33.1. The van der Waals surface area contributed by atoms with Gasteiger partial charge in [-0.15, -0.1) is 0 Å². The van der Waals surface area contributed by atoms with Gasteiger partial charge in [0.2, 0.25) is 11.8 Å². The molecular formula is C47H56N8O2. The number of H-pyrrole nitrogens is 2. The molecule has 3 atom stereocenters. The Labute approximate surface area is 336 Å². The zero-order valence-corrected chi connectivity index (χ0v) is 33.1. The highest BCUT2D eigenvalue weighted by atomic mass is 16.2. The Morgan fingerprint density at radius 2 is 1.09 bits per heavy atom. The lowest BCUT2D eigenvalue weighted by Crippen LogP contribution is -2.44. The highest BCUT2D eigenvalue weighted by Gasteiger charge is 2.39. The molecule has 10 heteroatoms. The fourth-order valence-corrected chi connectivity index (χ4v) is 9.71. The van der Waals surface area contributed by atoms with Crippen LogP contribution in [0.25, 0.3) is 33.6 Å². The minimum atomic E-state index is -0.251. The maximum atomic E-state index is 14.4. The van der Waals surface area contributed by atoms with Gasteiger partial charge >= 0.3 is 0 Å². The summed E-state index contributed by atoms with van der Waals surface area (Å²) in [5, 5.41) is 0. The summed E-state index contributed by atoms with van der Waals surface area (Å²) < 4.78 is 0. The number of carbonyl (C=O) groups is 2. The zero-order chi connectivity index (χ0) is 38.6. The third-order valence-electron chi connectivity index (χ3n) is 12.9. The Morgan fingerprint density at radius 3 is 1.67 bits per heavy atom. The molecule has 0 bridgehead atoms. The van der Waals surface area contributed by atoms with Gasteiger partial charge in [0.15, 0.2) is 0 Å². The third-order valence-corrected chi connectivity index (χ3v) is 12.9. The maximum Gasteiger partial charge on any atom is 0.245 e. The van der Waals surface area contributed by atoms with Crippen LogP contribution in [0.15, 0.2) is 91.3 Å². The Bertz CT molecular complexity index is 2100. The van der Waals surface area contributed by atoms with Crippen molar-refractivity contribution in [3.8, 4) is 33.6 Å². The molecule has 4 saturated heterocycles. The van der Waals surface area contributed by atoms with Gasteiger partial charge in [-0.2, -0.15) is 0 Å². The van der Waals surface area contributed by atoms with E-state index in [-0.39, 0.29) is 29.9 Å². The molecule has 2 N–H and O–H groups in total. The van der Waals surface area contributed by atoms with Crippen molar-refractivity contribution in [3.05, 3.63) is 108 Å². The summed E-state index contributed by atoms with van der Waals surface area (Å²) in [7, 11) is 0. The molecule has 10 nitrogen and oxygen atoms in total. The van der Waals surface area contributed by atoms with Gasteiger partial charge in [0, 0.05) is 26.1 Å². The number of carbonyl (C=O) groups excluding carboxylic acids is 2. The van der Waals surface area contributed by atoms with E-state index in [1.807, 2.05) is 35.5 Å². The van der Waals surface area contributed by atoms with Gasteiger partial charge < -0.3 is 24.7 Å². The van der Waals surface area contributed by atoms with Gasteiger partial charge in [-0.25, -0.2) is 9.97 Å². The second-order valence-electron chi connectivity index (χ2n) is 16.5. The quantitative estimate of drug-likeness (QED) is 0.140. The topological polar surface area (TPSA) is 104 Å². The molecule has 5 aromatic rings. The number of likely N-dealkylation sites (tertiary alicyclic amines) is 4. The van der Waals surface area contributed by atoms with Crippen LogP contribution in [0.5, 0.6) is 0 Å². The van der Waals surface area contributed by atoms with Crippen LogP contribution in [0, 0.1) is 0 Å². The minimum Gasteiger partial charge on any atom is -0.340 e. The van der Waals surface area contributed by atoms with Crippen LogP contribution in [0.2, 0.25) is 0 Å². The Morgan fingerprint density at radius 1 is 0.579 bits per heavy atom. The van der Waals surface area contributed by atoms with Crippen molar-refractivity contribution < 1.29 is 9.59 Å².